The number of carbonyl (C=O) groups excluding carboxylic acids is 1. The summed E-state index contributed by atoms with van der Waals surface area (Å²) in [7, 11) is 0. The average molecular weight is 348 g/mol. The van der Waals surface area contributed by atoms with Gasteiger partial charge in [0.25, 0.3) is 0 Å². The van der Waals surface area contributed by atoms with Crippen molar-refractivity contribution in [3.8, 4) is 28.7 Å². The molecule has 1 aliphatic rings. The molecule has 0 amide bonds. The average Bonchev–Trinajstić information content (AvgIpc) is 2.52. The van der Waals surface area contributed by atoms with Crippen LogP contribution in [-0.2, 0) is 0 Å². The van der Waals surface area contributed by atoms with Crippen molar-refractivity contribution < 1.29 is 30.3 Å². The highest BCUT2D eigenvalue weighted by atomic mass is 16.3. The third-order valence-electron chi connectivity index (χ3n) is 5.13. The van der Waals surface area contributed by atoms with Gasteiger partial charge in [0, 0.05) is 22.2 Å². The summed E-state index contributed by atoms with van der Waals surface area (Å²) < 4.78 is 0. The van der Waals surface area contributed by atoms with Crippen molar-refractivity contribution in [3.05, 3.63) is 41.0 Å². The molecule has 26 heavy (non-hydrogen) atoms. The number of rotatable bonds is 0. The van der Waals surface area contributed by atoms with Gasteiger partial charge in [-0.2, -0.15) is 0 Å². The van der Waals surface area contributed by atoms with E-state index in [1.54, 1.807) is 6.92 Å². The number of aromatic hydroxyl groups is 5. The Morgan fingerprint density at radius 2 is 1.08 bits per heavy atom. The van der Waals surface area contributed by atoms with Crippen molar-refractivity contribution >= 4 is 38.1 Å². The van der Waals surface area contributed by atoms with E-state index in [-0.39, 0.29) is 44.9 Å². The van der Waals surface area contributed by atoms with E-state index in [9.17, 15) is 30.3 Å². The molecule has 0 bridgehead atoms. The van der Waals surface area contributed by atoms with Gasteiger partial charge in [-0.05, 0) is 41.5 Å². The number of hydrogen-bond donors (Lipinski definition) is 5. The van der Waals surface area contributed by atoms with Crippen LogP contribution in [0.1, 0.15) is 21.5 Å². The molecule has 6 heteroatoms. The first-order valence-corrected chi connectivity index (χ1v) is 7.88. The minimum Gasteiger partial charge on any atom is -0.507 e. The number of phenols is 5. The van der Waals surface area contributed by atoms with Crippen LogP contribution in [0, 0.1) is 6.92 Å². The molecule has 0 unspecified atom stereocenters. The number of hydrogen-bond acceptors (Lipinski definition) is 6. The third-order valence-corrected chi connectivity index (χ3v) is 5.13. The Labute approximate surface area is 145 Å². The van der Waals surface area contributed by atoms with E-state index in [2.05, 4.69) is 0 Å². The Hall–Kier alpha value is -3.67. The van der Waals surface area contributed by atoms with Gasteiger partial charge in [-0.1, -0.05) is 0 Å². The summed E-state index contributed by atoms with van der Waals surface area (Å²) in [5.41, 5.74) is 0.451. The van der Waals surface area contributed by atoms with Crippen molar-refractivity contribution in [2.75, 3.05) is 0 Å². The second kappa shape index (κ2) is 4.29. The highest BCUT2D eigenvalue weighted by Gasteiger charge is 2.33. The van der Waals surface area contributed by atoms with Gasteiger partial charge in [0.1, 0.15) is 28.7 Å². The Morgan fingerprint density at radius 1 is 0.577 bits per heavy atom. The minimum atomic E-state index is -0.639. The molecule has 0 spiro atoms. The molecular weight excluding hydrogens is 336 g/mol. The molecule has 4 aromatic carbocycles. The number of phenolic OH excluding ortho intramolecular Hbond substituents is 5. The van der Waals surface area contributed by atoms with Crippen LogP contribution in [0.5, 0.6) is 28.7 Å². The lowest BCUT2D eigenvalue weighted by molar-refractivity contribution is 0.103. The second-order valence-electron chi connectivity index (χ2n) is 6.60. The van der Waals surface area contributed by atoms with Crippen molar-refractivity contribution in [2.24, 2.45) is 0 Å². The first kappa shape index (κ1) is 14.7. The molecule has 0 fully saturated rings. The van der Waals surface area contributed by atoms with E-state index in [4.69, 9.17) is 0 Å². The fourth-order valence-corrected chi connectivity index (χ4v) is 4.17. The van der Waals surface area contributed by atoms with Crippen LogP contribution in [0.4, 0.5) is 0 Å². The molecule has 0 aliphatic heterocycles. The van der Waals surface area contributed by atoms with Gasteiger partial charge in [-0.3, -0.25) is 4.79 Å². The molecule has 0 radical (unpaired) electrons. The third kappa shape index (κ3) is 1.45. The summed E-state index contributed by atoms with van der Waals surface area (Å²) in [5, 5.41) is 53.6. The lowest BCUT2D eigenvalue weighted by Gasteiger charge is -2.23. The minimum absolute atomic E-state index is 0.0213. The lowest BCUT2D eigenvalue weighted by atomic mass is 9.81. The standard InChI is InChI=1S/C20H12O6/c1-6-2-8(21)16-18-13(6)9(22)3-7-4-10(23)15-11(24)5-12(25)17(20(16)26)19(15)14(7)18/h2-5,21-25H,1H3. The van der Waals surface area contributed by atoms with Gasteiger partial charge in [0.2, 0.25) is 5.78 Å². The Morgan fingerprint density at radius 3 is 1.73 bits per heavy atom. The fraction of sp³-hybridized carbons (Fsp3) is 0.0500. The summed E-state index contributed by atoms with van der Waals surface area (Å²) in [6.45, 7) is 1.70. The second-order valence-corrected chi connectivity index (χ2v) is 6.60. The van der Waals surface area contributed by atoms with Crippen LogP contribution in [0.25, 0.3) is 32.3 Å². The van der Waals surface area contributed by atoms with E-state index >= 15 is 0 Å². The van der Waals surface area contributed by atoms with Crippen molar-refractivity contribution in [2.45, 2.75) is 6.92 Å². The van der Waals surface area contributed by atoms with Gasteiger partial charge in [0.05, 0.1) is 16.5 Å². The van der Waals surface area contributed by atoms with Gasteiger partial charge < -0.3 is 25.5 Å². The van der Waals surface area contributed by atoms with Crippen molar-refractivity contribution in [1.82, 2.24) is 0 Å². The van der Waals surface area contributed by atoms with E-state index in [0.29, 0.717) is 27.1 Å². The topological polar surface area (TPSA) is 118 Å². The molecule has 6 nitrogen and oxygen atoms in total. The number of benzene rings is 4. The number of ketones is 1. The molecule has 1 aliphatic carbocycles. The van der Waals surface area contributed by atoms with Gasteiger partial charge in [-0.15, -0.1) is 0 Å². The van der Waals surface area contributed by atoms with E-state index < -0.39 is 11.5 Å². The number of carbonyl (C=O) groups is 1. The SMILES string of the molecule is Cc1cc(O)c2c3c1c(O)cc1cc(O)c4c(O)cc(O)c(c4c13)C2=O. The normalized spacial score (nSPS) is 12.9. The molecule has 128 valence electrons. The summed E-state index contributed by atoms with van der Waals surface area (Å²) >= 11 is 0. The fourth-order valence-electron chi connectivity index (χ4n) is 4.17. The van der Waals surface area contributed by atoms with Crippen LogP contribution >= 0.6 is 0 Å². The lowest BCUT2D eigenvalue weighted by Crippen LogP contribution is -2.09. The maximum absolute atomic E-state index is 13.1. The molecule has 0 atom stereocenters. The molecule has 5 rings (SSSR count). The predicted molar refractivity (Wildman–Crippen MR) is 95.5 cm³/mol. The summed E-state index contributed by atoms with van der Waals surface area (Å²) in [4.78, 5) is 13.1. The predicted octanol–water partition coefficient (Wildman–Crippen LogP) is 3.53. The highest BCUT2D eigenvalue weighted by Crippen LogP contribution is 2.52. The Kier molecular flexibility index (Phi) is 2.42. The Bertz CT molecular complexity index is 1250. The molecule has 5 N–H and O–H groups in total. The maximum Gasteiger partial charge on any atom is 0.201 e. The summed E-state index contributed by atoms with van der Waals surface area (Å²) in [5.74, 6) is -2.08. The summed E-state index contributed by atoms with van der Waals surface area (Å²) in [6, 6.07) is 5.21. The zero-order valence-corrected chi connectivity index (χ0v) is 13.5. The molecular formula is C20H12O6. The largest absolute Gasteiger partial charge is 0.507 e. The first-order valence-electron chi connectivity index (χ1n) is 7.88. The van der Waals surface area contributed by atoms with Crippen LogP contribution in [0.3, 0.4) is 0 Å². The quantitative estimate of drug-likeness (QED) is 0.273. The Balaban J connectivity index is 2.31. The van der Waals surface area contributed by atoms with Crippen LogP contribution in [-0.4, -0.2) is 31.3 Å². The zero-order chi connectivity index (χ0) is 18.5. The van der Waals surface area contributed by atoms with E-state index in [1.165, 1.54) is 18.2 Å². The van der Waals surface area contributed by atoms with Gasteiger partial charge in [-0.25, -0.2) is 0 Å². The molecule has 0 saturated heterocycles. The van der Waals surface area contributed by atoms with Crippen molar-refractivity contribution in [1.29, 1.82) is 0 Å². The summed E-state index contributed by atoms with van der Waals surface area (Å²) in [6.07, 6.45) is 0. The monoisotopic (exact) mass is 348 g/mol. The van der Waals surface area contributed by atoms with E-state index in [0.717, 1.165) is 6.07 Å². The van der Waals surface area contributed by atoms with Crippen LogP contribution < -0.4 is 0 Å². The van der Waals surface area contributed by atoms with Crippen LogP contribution in [0.2, 0.25) is 0 Å². The van der Waals surface area contributed by atoms with Crippen molar-refractivity contribution in [3.63, 3.8) is 0 Å². The van der Waals surface area contributed by atoms with Crippen LogP contribution in [0.15, 0.2) is 24.3 Å². The molecule has 4 aromatic rings. The van der Waals surface area contributed by atoms with Gasteiger partial charge in [0.15, 0.2) is 0 Å². The highest BCUT2D eigenvalue weighted by molar-refractivity contribution is 6.40. The molecule has 0 saturated carbocycles. The zero-order valence-electron chi connectivity index (χ0n) is 13.5. The smallest absolute Gasteiger partial charge is 0.201 e. The van der Waals surface area contributed by atoms with Gasteiger partial charge >= 0.3 is 0 Å². The number of aryl methyl sites for hydroxylation is 1. The van der Waals surface area contributed by atoms with E-state index in [1.807, 2.05) is 0 Å². The first-order chi connectivity index (χ1) is 12.3. The molecule has 0 aromatic heterocycles. The molecule has 0 heterocycles. The maximum atomic E-state index is 13.1.